The highest BCUT2D eigenvalue weighted by atomic mass is 31.2. The Morgan fingerprint density at radius 1 is 0.938 bits per heavy atom. The summed E-state index contributed by atoms with van der Waals surface area (Å²) in [5.41, 5.74) is 0.543. The summed E-state index contributed by atoms with van der Waals surface area (Å²) in [7, 11) is -4.81. The predicted octanol–water partition coefficient (Wildman–Crippen LogP) is 3.65. The molecule has 0 amide bonds. The van der Waals surface area contributed by atoms with Gasteiger partial charge in [-0.15, -0.1) is 0 Å². The van der Waals surface area contributed by atoms with Crippen LogP contribution < -0.4 is 14.0 Å². The SMILES string of the molecule is CC(=O)Oc1ccc2c(c1)Oc1cc(OP(=O)(O)O)ccc1C21OC(=O)c2ccccc21. The molecule has 32 heavy (non-hydrogen) atoms. The van der Waals surface area contributed by atoms with Crippen LogP contribution in [0.15, 0.2) is 60.7 Å². The van der Waals surface area contributed by atoms with Gasteiger partial charge in [0, 0.05) is 35.7 Å². The third kappa shape index (κ3) is 3.15. The molecule has 5 rings (SSSR count). The summed E-state index contributed by atoms with van der Waals surface area (Å²) in [6, 6.07) is 15.8. The fourth-order valence-electron chi connectivity index (χ4n) is 4.06. The molecule has 1 unspecified atom stereocenters. The van der Waals surface area contributed by atoms with Crippen LogP contribution in [0.3, 0.4) is 0 Å². The first-order valence-corrected chi connectivity index (χ1v) is 10.9. The third-order valence-corrected chi connectivity index (χ3v) is 5.59. The maximum absolute atomic E-state index is 12.8. The first-order valence-electron chi connectivity index (χ1n) is 9.41. The van der Waals surface area contributed by atoms with E-state index < -0.39 is 25.4 Å². The highest BCUT2D eigenvalue weighted by molar-refractivity contribution is 7.46. The van der Waals surface area contributed by atoms with Crippen molar-refractivity contribution >= 4 is 19.8 Å². The van der Waals surface area contributed by atoms with E-state index >= 15 is 0 Å². The van der Waals surface area contributed by atoms with Crippen LogP contribution in [-0.4, -0.2) is 21.7 Å². The van der Waals surface area contributed by atoms with Gasteiger partial charge in [-0.2, -0.15) is 0 Å². The average Bonchev–Trinajstić information content (AvgIpc) is 3.00. The van der Waals surface area contributed by atoms with Crippen molar-refractivity contribution in [2.75, 3.05) is 0 Å². The van der Waals surface area contributed by atoms with Crippen LogP contribution in [-0.2, 0) is 19.7 Å². The Hall–Kier alpha value is -3.65. The van der Waals surface area contributed by atoms with Gasteiger partial charge in [-0.25, -0.2) is 9.36 Å². The zero-order chi connectivity index (χ0) is 22.7. The van der Waals surface area contributed by atoms with Gasteiger partial charge in [0.25, 0.3) is 0 Å². The highest BCUT2D eigenvalue weighted by Gasteiger charge is 2.53. The Labute approximate surface area is 181 Å². The lowest BCUT2D eigenvalue weighted by Gasteiger charge is -2.36. The Morgan fingerprint density at radius 2 is 1.56 bits per heavy atom. The number of ether oxygens (including phenoxy) is 3. The molecule has 0 aromatic heterocycles. The van der Waals surface area contributed by atoms with Crippen molar-refractivity contribution in [3.05, 3.63) is 82.9 Å². The molecule has 3 aromatic rings. The van der Waals surface area contributed by atoms with E-state index in [4.69, 9.17) is 24.0 Å². The van der Waals surface area contributed by atoms with Gasteiger partial charge in [-0.3, -0.25) is 14.6 Å². The van der Waals surface area contributed by atoms with E-state index in [-0.39, 0.29) is 23.0 Å². The Bertz CT molecular complexity index is 1340. The number of hydrogen-bond donors (Lipinski definition) is 2. The minimum atomic E-state index is -4.81. The molecular formula is C22H15O9P. The largest absolute Gasteiger partial charge is 0.524 e. The molecular weight excluding hydrogens is 439 g/mol. The number of benzene rings is 3. The number of hydrogen-bond acceptors (Lipinski definition) is 7. The first-order chi connectivity index (χ1) is 15.2. The fraction of sp³-hybridized carbons (Fsp3) is 0.0909. The minimum Gasteiger partial charge on any atom is -0.456 e. The molecule has 3 aromatic carbocycles. The van der Waals surface area contributed by atoms with Gasteiger partial charge >= 0.3 is 19.8 Å². The second-order valence-electron chi connectivity index (χ2n) is 7.21. The van der Waals surface area contributed by atoms with Gasteiger partial charge in [0.05, 0.1) is 5.56 Å². The molecule has 1 spiro atoms. The summed E-state index contributed by atoms with van der Waals surface area (Å²) in [6.45, 7) is 1.26. The lowest BCUT2D eigenvalue weighted by Crippen LogP contribution is -2.33. The van der Waals surface area contributed by atoms with Crippen molar-refractivity contribution in [2.45, 2.75) is 12.5 Å². The summed E-state index contributed by atoms with van der Waals surface area (Å²) < 4.78 is 33.0. The second kappa shape index (κ2) is 6.93. The summed E-state index contributed by atoms with van der Waals surface area (Å²) in [4.78, 5) is 42.5. The van der Waals surface area contributed by atoms with Crippen molar-refractivity contribution < 1.29 is 42.7 Å². The van der Waals surface area contributed by atoms with E-state index in [1.807, 2.05) is 0 Å². The van der Waals surface area contributed by atoms with Crippen LogP contribution >= 0.6 is 7.82 Å². The molecule has 9 nitrogen and oxygen atoms in total. The van der Waals surface area contributed by atoms with Crippen LogP contribution in [0.4, 0.5) is 0 Å². The maximum Gasteiger partial charge on any atom is 0.524 e. The molecule has 0 aliphatic carbocycles. The Kier molecular flexibility index (Phi) is 4.39. The molecule has 0 bridgehead atoms. The smallest absolute Gasteiger partial charge is 0.456 e. The third-order valence-electron chi connectivity index (χ3n) is 5.14. The molecule has 2 aliphatic rings. The predicted molar refractivity (Wildman–Crippen MR) is 109 cm³/mol. The molecule has 0 saturated heterocycles. The van der Waals surface area contributed by atoms with Crippen LogP contribution in [0, 0.1) is 0 Å². The summed E-state index contributed by atoms with van der Waals surface area (Å²) >= 11 is 0. The van der Waals surface area contributed by atoms with Crippen LogP contribution in [0.2, 0.25) is 0 Å². The fourth-order valence-corrected chi connectivity index (χ4v) is 4.45. The zero-order valence-corrected chi connectivity index (χ0v) is 17.4. The number of carbonyl (C=O) groups is 2. The number of phosphoric ester groups is 1. The van der Waals surface area contributed by atoms with Crippen LogP contribution in [0.1, 0.15) is 34.0 Å². The molecule has 2 aliphatic heterocycles. The van der Waals surface area contributed by atoms with E-state index in [1.165, 1.54) is 31.2 Å². The summed E-state index contributed by atoms with van der Waals surface area (Å²) in [5, 5.41) is 0. The maximum atomic E-state index is 12.8. The second-order valence-corrected chi connectivity index (χ2v) is 8.37. The van der Waals surface area contributed by atoms with Gasteiger partial charge in [0.1, 0.15) is 23.0 Å². The summed E-state index contributed by atoms with van der Waals surface area (Å²) in [6.07, 6.45) is 0. The quantitative estimate of drug-likeness (QED) is 0.346. The molecule has 1 atom stereocenters. The van der Waals surface area contributed by atoms with E-state index in [9.17, 15) is 14.2 Å². The number of phosphoric acid groups is 1. The van der Waals surface area contributed by atoms with E-state index in [1.54, 1.807) is 36.4 Å². The van der Waals surface area contributed by atoms with Crippen molar-refractivity contribution in [1.82, 2.24) is 0 Å². The van der Waals surface area contributed by atoms with Crippen molar-refractivity contribution in [2.24, 2.45) is 0 Å². The number of carbonyl (C=O) groups excluding carboxylic acids is 2. The van der Waals surface area contributed by atoms with Gasteiger partial charge in [0.2, 0.25) is 0 Å². The first kappa shape index (κ1) is 20.3. The van der Waals surface area contributed by atoms with Crippen molar-refractivity contribution in [3.63, 3.8) is 0 Å². The standard InChI is InChI=1S/C22H15O9P/c1-12(23)28-13-6-8-17-19(10-13)29-20-11-14(31-32(25,26)27)7-9-18(20)22(17)16-5-3-2-4-15(16)21(24)30-22/h2-11H,1H3,(H2,25,26,27). The minimum absolute atomic E-state index is 0.135. The van der Waals surface area contributed by atoms with E-state index in [0.717, 1.165) is 0 Å². The highest BCUT2D eigenvalue weighted by Crippen LogP contribution is 2.57. The number of esters is 2. The number of fused-ring (bicyclic) bond motifs is 6. The van der Waals surface area contributed by atoms with Gasteiger partial charge in [-0.1, -0.05) is 18.2 Å². The lowest BCUT2D eigenvalue weighted by atomic mass is 9.77. The molecule has 10 heteroatoms. The van der Waals surface area contributed by atoms with Crippen LogP contribution in [0.5, 0.6) is 23.0 Å². The van der Waals surface area contributed by atoms with E-state index in [0.29, 0.717) is 22.3 Å². The molecule has 0 radical (unpaired) electrons. The number of rotatable bonds is 3. The molecule has 0 saturated carbocycles. The Morgan fingerprint density at radius 3 is 2.22 bits per heavy atom. The van der Waals surface area contributed by atoms with E-state index in [2.05, 4.69) is 4.52 Å². The van der Waals surface area contributed by atoms with Crippen LogP contribution in [0.25, 0.3) is 0 Å². The average molecular weight is 454 g/mol. The molecule has 2 heterocycles. The van der Waals surface area contributed by atoms with Gasteiger partial charge < -0.3 is 18.7 Å². The normalized spacial score (nSPS) is 18.2. The molecule has 162 valence electrons. The Balaban J connectivity index is 1.75. The lowest BCUT2D eigenvalue weighted by molar-refractivity contribution is -0.131. The monoisotopic (exact) mass is 454 g/mol. The van der Waals surface area contributed by atoms with Gasteiger partial charge in [0.15, 0.2) is 5.60 Å². The topological polar surface area (TPSA) is 129 Å². The zero-order valence-electron chi connectivity index (χ0n) is 16.5. The molecule has 0 fully saturated rings. The van der Waals surface area contributed by atoms with Crippen molar-refractivity contribution in [1.29, 1.82) is 0 Å². The molecule has 2 N–H and O–H groups in total. The summed E-state index contributed by atoms with van der Waals surface area (Å²) in [5.74, 6) is -0.564. The van der Waals surface area contributed by atoms with Gasteiger partial charge in [-0.05, 0) is 30.3 Å². The van der Waals surface area contributed by atoms with Crippen molar-refractivity contribution in [3.8, 4) is 23.0 Å².